The lowest BCUT2D eigenvalue weighted by atomic mass is 10.1. The van der Waals surface area contributed by atoms with Crippen molar-refractivity contribution in [2.24, 2.45) is 0 Å². The van der Waals surface area contributed by atoms with Gasteiger partial charge in [-0.05, 0) is 37.5 Å². The number of ether oxygens (including phenoxy) is 2. The predicted octanol–water partition coefficient (Wildman–Crippen LogP) is 3.45. The molecular weight excluding hydrogens is 454 g/mol. The third-order valence-electron chi connectivity index (χ3n) is 6.31. The van der Waals surface area contributed by atoms with E-state index in [1.165, 1.54) is 6.26 Å². The first-order valence-corrected chi connectivity index (χ1v) is 13.4. The third kappa shape index (κ3) is 4.47. The topological polar surface area (TPSA) is 98.6 Å². The monoisotopic (exact) mass is 483 g/mol. The van der Waals surface area contributed by atoms with Crippen LogP contribution in [-0.4, -0.2) is 53.6 Å². The lowest BCUT2D eigenvalue weighted by molar-refractivity contribution is 0.0525. The molecule has 0 amide bonds. The first-order chi connectivity index (χ1) is 16.4. The van der Waals surface area contributed by atoms with Crippen LogP contribution in [0.2, 0.25) is 0 Å². The number of pyridine rings is 1. The number of anilines is 1. The average Bonchev–Trinajstić information content (AvgIpc) is 3.47. The van der Waals surface area contributed by atoms with E-state index in [9.17, 15) is 8.42 Å². The SMILES string of the molecule is CCn1ncc2c(NC3CCOCC3)c(C3OC=CN3Cc3ccc(S(C)(=O)=O)cc3)cnc21. The minimum atomic E-state index is -3.23. The molecule has 2 aliphatic heterocycles. The van der Waals surface area contributed by atoms with Crippen LogP contribution in [0.5, 0.6) is 0 Å². The van der Waals surface area contributed by atoms with Gasteiger partial charge in [0.2, 0.25) is 6.23 Å². The van der Waals surface area contributed by atoms with E-state index in [1.807, 2.05) is 42.3 Å². The molecule has 4 heterocycles. The Morgan fingerprint density at radius 2 is 1.91 bits per heavy atom. The molecule has 0 radical (unpaired) electrons. The first kappa shape index (κ1) is 22.7. The number of nitrogens with zero attached hydrogens (tertiary/aromatic N) is 4. The zero-order valence-electron chi connectivity index (χ0n) is 19.3. The maximum Gasteiger partial charge on any atom is 0.201 e. The molecule has 34 heavy (non-hydrogen) atoms. The van der Waals surface area contributed by atoms with E-state index in [-0.39, 0.29) is 6.23 Å². The molecule has 10 heteroatoms. The van der Waals surface area contributed by atoms with Crippen molar-refractivity contribution in [2.75, 3.05) is 24.8 Å². The van der Waals surface area contributed by atoms with Crippen molar-refractivity contribution < 1.29 is 17.9 Å². The smallest absolute Gasteiger partial charge is 0.201 e. The van der Waals surface area contributed by atoms with Crippen LogP contribution in [0.15, 0.2) is 54.0 Å². The van der Waals surface area contributed by atoms with Gasteiger partial charge < -0.3 is 19.7 Å². The fourth-order valence-electron chi connectivity index (χ4n) is 4.45. The molecule has 180 valence electrons. The number of aromatic nitrogens is 3. The zero-order valence-corrected chi connectivity index (χ0v) is 20.2. The van der Waals surface area contributed by atoms with E-state index in [0.717, 1.165) is 60.4 Å². The molecule has 0 saturated carbocycles. The van der Waals surface area contributed by atoms with Crippen molar-refractivity contribution in [1.82, 2.24) is 19.7 Å². The van der Waals surface area contributed by atoms with Crippen molar-refractivity contribution in [1.29, 1.82) is 0 Å². The van der Waals surface area contributed by atoms with Crippen LogP contribution in [0.4, 0.5) is 5.69 Å². The quantitative estimate of drug-likeness (QED) is 0.546. The van der Waals surface area contributed by atoms with Crippen LogP contribution in [0.1, 0.15) is 37.1 Å². The molecule has 0 bridgehead atoms. The summed E-state index contributed by atoms with van der Waals surface area (Å²) in [5.74, 6) is 0. The zero-order chi connectivity index (χ0) is 23.7. The molecule has 1 fully saturated rings. The summed E-state index contributed by atoms with van der Waals surface area (Å²) in [6.07, 6.45) is 10.1. The van der Waals surface area contributed by atoms with E-state index >= 15 is 0 Å². The van der Waals surface area contributed by atoms with Crippen LogP contribution in [0.3, 0.4) is 0 Å². The molecule has 0 spiro atoms. The molecule has 3 aromatic rings. The number of hydrogen-bond acceptors (Lipinski definition) is 8. The lowest BCUT2D eigenvalue weighted by Crippen LogP contribution is -2.29. The Balaban J connectivity index is 1.46. The molecule has 5 rings (SSSR count). The Labute approximate surface area is 199 Å². The summed E-state index contributed by atoms with van der Waals surface area (Å²) in [5, 5.41) is 9.23. The molecule has 1 unspecified atom stereocenters. The number of benzene rings is 1. The Kier molecular flexibility index (Phi) is 6.18. The van der Waals surface area contributed by atoms with E-state index in [1.54, 1.807) is 18.4 Å². The molecule has 1 saturated heterocycles. The van der Waals surface area contributed by atoms with Gasteiger partial charge in [-0.15, -0.1) is 0 Å². The van der Waals surface area contributed by atoms with E-state index in [2.05, 4.69) is 15.3 Å². The summed E-state index contributed by atoms with van der Waals surface area (Å²) < 4.78 is 37.0. The molecule has 2 aliphatic rings. The Bertz CT molecular complexity index is 1300. The number of sulfone groups is 1. The van der Waals surface area contributed by atoms with E-state index < -0.39 is 9.84 Å². The van der Waals surface area contributed by atoms with Gasteiger partial charge in [0.1, 0.15) is 6.26 Å². The van der Waals surface area contributed by atoms with Gasteiger partial charge in [0.25, 0.3) is 0 Å². The molecule has 0 aliphatic carbocycles. The normalized spacial score (nSPS) is 19.0. The fraction of sp³-hybridized carbons (Fsp3) is 0.417. The largest absolute Gasteiger partial charge is 0.472 e. The summed E-state index contributed by atoms with van der Waals surface area (Å²) in [4.78, 5) is 7.12. The minimum Gasteiger partial charge on any atom is -0.472 e. The molecule has 1 N–H and O–H groups in total. The van der Waals surface area contributed by atoms with Gasteiger partial charge in [0, 0.05) is 51.0 Å². The third-order valence-corrected chi connectivity index (χ3v) is 7.44. The summed E-state index contributed by atoms with van der Waals surface area (Å²) in [6.45, 7) is 4.84. The summed E-state index contributed by atoms with van der Waals surface area (Å²) in [7, 11) is -3.23. The molecule has 2 aromatic heterocycles. The van der Waals surface area contributed by atoms with Gasteiger partial charge in [-0.3, -0.25) is 0 Å². The molecule has 9 nitrogen and oxygen atoms in total. The molecular formula is C24H29N5O4S. The number of aryl methyl sites for hydroxylation is 1. The number of hydrogen-bond donors (Lipinski definition) is 1. The first-order valence-electron chi connectivity index (χ1n) is 11.5. The second-order valence-electron chi connectivity index (χ2n) is 8.68. The molecule has 1 aromatic carbocycles. The second kappa shape index (κ2) is 9.27. The van der Waals surface area contributed by atoms with Crippen LogP contribution in [0, 0.1) is 0 Å². The van der Waals surface area contributed by atoms with Gasteiger partial charge in [-0.25, -0.2) is 18.1 Å². The van der Waals surface area contributed by atoms with Crippen LogP contribution in [-0.2, 0) is 32.4 Å². The van der Waals surface area contributed by atoms with E-state index in [4.69, 9.17) is 14.5 Å². The number of fused-ring (bicyclic) bond motifs is 1. The van der Waals surface area contributed by atoms with Crippen LogP contribution < -0.4 is 5.32 Å². The van der Waals surface area contributed by atoms with Gasteiger partial charge in [0.15, 0.2) is 15.5 Å². The number of rotatable bonds is 7. The highest BCUT2D eigenvalue weighted by atomic mass is 32.2. The number of nitrogens with one attached hydrogen (secondary N) is 1. The predicted molar refractivity (Wildman–Crippen MR) is 129 cm³/mol. The van der Waals surface area contributed by atoms with Crippen molar-refractivity contribution in [3.8, 4) is 0 Å². The average molecular weight is 484 g/mol. The lowest BCUT2D eigenvalue weighted by Gasteiger charge is -2.29. The maximum atomic E-state index is 11.8. The Hall–Kier alpha value is -3.11. The summed E-state index contributed by atoms with van der Waals surface area (Å²) >= 11 is 0. The minimum absolute atomic E-state index is 0.300. The van der Waals surface area contributed by atoms with Crippen molar-refractivity contribution >= 4 is 26.6 Å². The van der Waals surface area contributed by atoms with Gasteiger partial charge in [-0.1, -0.05) is 12.1 Å². The van der Waals surface area contributed by atoms with E-state index in [0.29, 0.717) is 17.5 Å². The Morgan fingerprint density at radius 1 is 1.15 bits per heavy atom. The van der Waals surface area contributed by atoms with Gasteiger partial charge in [-0.2, -0.15) is 5.10 Å². The highest BCUT2D eigenvalue weighted by Crippen LogP contribution is 2.38. The fourth-order valence-corrected chi connectivity index (χ4v) is 5.08. The van der Waals surface area contributed by atoms with Crippen LogP contribution >= 0.6 is 0 Å². The van der Waals surface area contributed by atoms with Crippen molar-refractivity contribution in [3.63, 3.8) is 0 Å². The highest BCUT2D eigenvalue weighted by Gasteiger charge is 2.29. The van der Waals surface area contributed by atoms with Gasteiger partial charge >= 0.3 is 0 Å². The van der Waals surface area contributed by atoms with Crippen LogP contribution in [0.25, 0.3) is 11.0 Å². The van der Waals surface area contributed by atoms with Crippen molar-refractivity contribution in [2.45, 2.75) is 50.0 Å². The second-order valence-corrected chi connectivity index (χ2v) is 10.7. The van der Waals surface area contributed by atoms with Gasteiger partial charge in [0.05, 0.1) is 27.7 Å². The Morgan fingerprint density at radius 3 is 2.62 bits per heavy atom. The summed E-state index contributed by atoms with van der Waals surface area (Å²) in [5.41, 5.74) is 3.75. The highest BCUT2D eigenvalue weighted by molar-refractivity contribution is 7.90. The molecule has 1 atom stereocenters. The van der Waals surface area contributed by atoms with Crippen molar-refractivity contribution in [3.05, 3.63) is 60.2 Å². The summed E-state index contributed by atoms with van der Waals surface area (Å²) in [6, 6.07) is 7.27. The maximum absolute atomic E-state index is 11.8. The standard InChI is InChI=1S/C24H29N5O4S/c1-3-29-23-20(15-26-29)22(27-18-8-11-32-12-9-18)21(14-25-23)24-28(10-13-33-24)16-17-4-6-19(7-5-17)34(2,30)31/h4-7,10,13-15,18,24H,3,8-9,11-12,16H2,1-2H3,(H,25,27).